The molecule has 0 unspecified atom stereocenters. The van der Waals surface area contributed by atoms with Gasteiger partial charge in [-0.25, -0.2) is 14.6 Å². The van der Waals surface area contributed by atoms with Gasteiger partial charge in [0.15, 0.2) is 0 Å². The van der Waals surface area contributed by atoms with E-state index in [1.807, 2.05) is 39.8 Å². The second kappa shape index (κ2) is 8.73. The molecule has 144 valence electrons. The molecular weight excluding hydrogens is 336 g/mol. The molecule has 0 spiro atoms. The molecule has 2 heterocycles. The fourth-order valence-electron chi connectivity index (χ4n) is 2.53. The number of hydrogen-bond donors (Lipinski definition) is 1. The van der Waals surface area contributed by atoms with Gasteiger partial charge in [-0.3, -0.25) is 0 Å². The number of nitrogens with one attached hydrogen (secondary N) is 1. The van der Waals surface area contributed by atoms with Crippen LogP contribution in [0.4, 0.5) is 9.59 Å². The normalized spacial score (nSPS) is 14.8. The van der Waals surface area contributed by atoms with Crippen molar-refractivity contribution in [3.63, 3.8) is 0 Å². The highest BCUT2D eigenvalue weighted by molar-refractivity contribution is 5.75. The third kappa shape index (κ3) is 5.79. The van der Waals surface area contributed by atoms with Crippen LogP contribution in [0.5, 0.6) is 5.88 Å². The minimum absolute atomic E-state index is 0.167. The Morgan fingerprint density at radius 2 is 1.85 bits per heavy atom. The number of pyridine rings is 1. The fourth-order valence-corrected chi connectivity index (χ4v) is 2.53. The van der Waals surface area contributed by atoms with Gasteiger partial charge in [0, 0.05) is 44.5 Å². The maximum absolute atomic E-state index is 12.4. The predicted octanol–water partition coefficient (Wildman–Crippen LogP) is 2.24. The molecule has 1 aromatic rings. The topological polar surface area (TPSA) is 84.0 Å². The summed E-state index contributed by atoms with van der Waals surface area (Å²) in [5.41, 5.74) is 0.309. The summed E-state index contributed by atoms with van der Waals surface area (Å²) in [6.45, 7) is 10.1. The Bertz CT molecular complexity index is 622. The third-order valence-electron chi connectivity index (χ3n) is 3.78. The van der Waals surface area contributed by atoms with E-state index < -0.39 is 5.60 Å². The van der Waals surface area contributed by atoms with Gasteiger partial charge in [-0.15, -0.1) is 0 Å². The van der Waals surface area contributed by atoms with Crippen LogP contribution in [0.2, 0.25) is 0 Å². The highest BCUT2D eigenvalue weighted by atomic mass is 16.6. The largest absolute Gasteiger partial charge is 0.478 e. The summed E-state index contributed by atoms with van der Waals surface area (Å²) < 4.78 is 10.8. The van der Waals surface area contributed by atoms with Crippen LogP contribution < -0.4 is 10.1 Å². The molecule has 0 atom stereocenters. The van der Waals surface area contributed by atoms with Gasteiger partial charge in [-0.05, 0) is 33.8 Å². The maximum Gasteiger partial charge on any atom is 0.410 e. The van der Waals surface area contributed by atoms with Crippen LogP contribution >= 0.6 is 0 Å². The molecule has 1 aliphatic heterocycles. The summed E-state index contributed by atoms with van der Waals surface area (Å²) in [5.74, 6) is 0.532. The highest BCUT2D eigenvalue weighted by Crippen LogP contribution is 2.15. The molecule has 2 rings (SSSR count). The highest BCUT2D eigenvalue weighted by Gasteiger charge is 2.27. The van der Waals surface area contributed by atoms with E-state index in [4.69, 9.17) is 9.47 Å². The minimum Gasteiger partial charge on any atom is -0.478 e. The van der Waals surface area contributed by atoms with Gasteiger partial charge >= 0.3 is 12.1 Å². The van der Waals surface area contributed by atoms with E-state index in [0.717, 1.165) is 5.56 Å². The summed E-state index contributed by atoms with van der Waals surface area (Å²) in [7, 11) is 0. The number of carbonyl (C=O) groups excluding carboxylic acids is 2. The Hall–Kier alpha value is -2.51. The molecule has 1 fully saturated rings. The van der Waals surface area contributed by atoms with Gasteiger partial charge in [-0.2, -0.15) is 0 Å². The molecule has 26 heavy (non-hydrogen) atoms. The van der Waals surface area contributed by atoms with Crippen LogP contribution in [0, 0.1) is 0 Å². The number of amides is 3. The second-order valence-corrected chi connectivity index (χ2v) is 7.01. The molecule has 1 aliphatic rings. The van der Waals surface area contributed by atoms with Crippen LogP contribution in [0.15, 0.2) is 18.3 Å². The molecule has 8 nitrogen and oxygen atoms in total. The average molecular weight is 364 g/mol. The zero-order valence-corrected chi connectivity index (χ0v) is 15.9. The van der Waals surface area contributed by atoms with Crippen molar-refractivity contribution in [1.29, 1.82) is 0 Å². The molecule has 1 N–H and O–H groups in total. The summed E-state index contributed by atoms with van der Waals surface area (Å²) in [4.78, 5) is 31.9. The Kier molecular flexibility index (Phi) is 6.65. The SMILES string of the molecule is CCOc1ncccc1CNC(=O)N1CCN(C(=O)OC(C)(C)C)CC1. The molecule has 3 amide bonds. The zero-order chi connectivity index (χ0) is 19.2. The van der Waals surface area contributed by atoms with E-state index in [-0.39, 0.29) is 12.1 Å². The quantitative estimate of drug-likeness (QED) is 0.886. The monoisotopic (exact) mass is 364 g/mol. The number of ether oxygens (including phenoxy) is 2. The number of rotatable bonds is 4. The number of piperazine rings is 1. The van der Waals surface area contributed by atoms with Gasteiger partial charge < -0.3 is 24.6 Å². The van der Waals surface area contributed by atoms with E-state index in [9.17, 15) is 9.59 Å². The molecule has 0 radical (unpaired) electrons. The molecule has 0 saturated carbocycles. The Morgan fingerprint density at radius 3 is 2.46 bits per heavy atom. The number of urea groups is 1. The number of carbonyl (C=O) groups is 2. The van der Waals surface area contributed by atoms with Crippen molar-refractivity contribution in [3.05, 3.63) is 23.9 Å². The molecule has 0 bridgehead atoms. The van der Waals surface area contributed by atoms with E-state index in [2.05, 4.69) is 10.3 Å². The van der Waals surface area contributed by atoms with Crippen molar-refractivity contribution in [2.24, 2.45) is 0 Å². The number of nitrogens with zero attached hydrogens (tertiary/aromatic N) is 3. The second-order valence-electron chi connectivity index (χ2n) is 7.01. The van der Waals surface area contributed by atoms with Crippen LogP contribution in [0.25, 0.3) is 0 Å². The number of hydrogen-bond acceptors (Lipinski definition) is 5. The van der Waals surface area contributed by atoms with Gasteiger partial charge in [0.2, 0.25) is 5.88 Å². The summed E-state index contributed by atoms with van der Waals surface area (Å²) in [6, 6.07) is 3.52. The molecule has 1 saturated heterocycles. The first-order chi connectivity index (χ1) is 12.3. The van der Waals surface area contributed by atoms with Gasteiger partial charge in [0.25, 0.3) is 0 Å². The van der Waals surface area contributed by atoms with Crippen molar-refractivity contribution in [2.75, 3.05) is 32.8 Å². The van der Waals surface area contributed by atoms with Crippen LogP contribution in [-0.2, 0) is 11.3 Å². The lowest BCUT2D eigenvalue weighted by Gasteiger charge is -2.35. The summed E-state index contributed by atoms with van der Waals surface area (Å²) in [5, 5.41) is 2.88. The van der Waals surface area contributed by atoms with Gasteiger partial charge in [-0.1, -0.05) is 6.07 Å². The van der Waals surface area contributed by atoms with Crippen molar-refractivity contribution in [3.8, 4) is 5.88 Å². The fraction of sp³-hybridized carbons (Fsp3) is 0.611. The molecule has 0 aliphatic carbocycles. The van der Waals surface area contributed by atoms with E-state index in [1.54, 1.807) is 16.0 Å². The van der Waals surface area contributed by atoms with E-state index in [1.165, 1.54) is 0 Å². The average Bonchev–Trinajstić information content (AvgIpc) is 2.59. The standard InChI is InChI=1S/C18H28N4O4/c1-5-25-15-14(7-6-8-19-15)13-20-16(23)21-9-11-22(12-10-21)17(24)26-18(2,3)4/h6-8H,5,9-13H2,1-4H3,(H,20,23). The number of aromatic nitrogens is 1. The zero-order valence-electron chi connectivity index (χ0n) is 15.9. The van der Waals surface area contributed by atoms with Crippen LogP contribution in [-0.4, -0.2) is 65.3 Å². The molecule has 8 heteroatoms. The van der Waals surface area contributed by atoms with Crippen LogP contribution in [0.1, 0.15) is 33.3 Å². The first-order valence-corrected chi connectivity index (χ1v) is 8.87. The Balaban J connectivity index is 1.81. The van der Waals surface area contributed by atoms with Gasteiger partial charge in [0.1, 0.15) is 5.60 Å². The van der Waals surface area contributed by atoms with Crippen molar-refractivity contribution >= 4 is 12.1 Å². The first-order valence-electron chi connectivity index (χ1n) is 8.87. The van der Waals surface area contributed by atoms with Crippen LogP contribution in [0.3, 0.4) is 0 Å². The minimum atomic E-state index is -0.520. The van der Waals surface area contributed by atoms with Crippen molar-refractivity contribution in [2.45, 2.75) is 39.8 Å². The first kappa shape index (κ1) is 19.8. The lowest BCUT2D eigenvalue weighted by molar-refractivity contribution is 0.0170. The lowest BCUT2D eigenvalue weighted by Crippen LogP contribution is -2.53. The molecule has 1 aromatic heterocycles. The van der Waals surface area contributed by atoms with E-state index in [0.29, 0.717) is 45.2 Å². The Morgan fingerprint density at radius 1 is 1.19 bits per heavy atom. The lowest BCUT2D eigenvalue weighted by atomic mass is 10.2. The third-order valence-corrected chi connectivity index (χ3v) is 3.78. The smallest absolute Gasteiger partial charge is 0.410 e. The predicted molar refractivity (Wildman–Crippen MR) is 97.0 cm³/mol. The summed E-state index contributed by atoms with van der Waals surface area (Å²) >= 11 is 0. The summed E-state index contributed by atoms with van der Waals surface area (Å²) in [6.07, 6.45) is 1.32. The van der Waals surface area contributed by atoms with E-state index >= 15 is 0 Å². The van der Waals surface area contributed by atoms with Crippen molar-refractivity contribution in [1.82, 2.24) is 20.1 Å². The maximum atomic E-state index is 12.4. The molecular formula is C18H28N4O4. The van der Waals surface area contributed by atoms with Gasteiger partial charge in [0.05, 0.1) is 6.61 Å². The Labute approximate surface area is 154 Å². The molecule has 0 aromatic carbocycles. The van der Waals surface area contributed by atoms with Crippen molar-refractivity contribution < 1.29 is 19.1 Å².